The lowest BCUT2D eigenvalue weighted by atomic mass is 9.64. The number of halogens is 2. The van der Waals surface area contributed by atoms with Crippen molar-refractivity contribution in [1.82, 2.24) is 4.90 Å². The highest BCUT2D eigenvalue weighted by molar-refractivity contribution is 6.00. The first kappa shape index (κ1) is 21.2. The number of carbonyl (C=O) groups excluding carboxylic acids is 1. The van der Waals surface area contributed by atoms with Gasteiger partial charge in [-0.05, 0) is 40.2 Å². The topological polar surface area (TPSA) is 86.4 Å². The summed E-state index contributed by atoms with van der Waals surface area (Å²) in [6.45, 7) is 5.49. The molecule has 6 nitrogen and oxygen atoms in total. The maximum absolute atomic E-state index is 15.0. The smallest absolute Gasteiger partial charge is 0.416 e. The molecule has 2 aliphatic heterocycles. The van der Waals surface area contributed by atoms with Gasteiger partial charge in [0.25, 0.3) is 0 Å². The zero-order valence-corrected chi connectivity index (χ0v) is 17.0. The Labute approximate surface area is 168 Å². The summed E-state index contributed by atoms with van der Waals surface area (Å²) in [5, 5.41) is 18.5. The van der Waals surface area contributed by atoms with Crippen molar-refractivity contribution in [3.05, 3.63) is 35.6 Å². The molecule has 3 rings (SSSR count). The molecule has 4 atom stereocenters. The molecule has 1 N–H and O–H groups in total. The van der Waals surface area contributed by atoms with E-state index in [0.717, 1.165) is 4.90 Å². The van der Waals surface area contributed by atoms with Crippen LogP contribution in [0.4, 0.5) is 13.6 Å². The summed E-state index contributed by atoms with van der Waals surface area (Å²) < 4.78 is 39.9. The fourth-order valence-corrected chi connectivity index (χ4v) is 4.30. The van der Waals surface area contributed by atoms with E-state index in [1.807, 2.05) is 0 Å². The quantitative estimate of drug-likeness (QED) is 0.801. The molecule has 0 aliphatic carbocycles. The largest absolute Gasteiger partial charge is 0.443 e. The highest BCUT2D eigenvalue weighted by Gasteiger charge is 2.65. The van der Waals surface area contributed by atoms with Crippen LogP contribution in [-0.4, -0.2) is 41.8 Å². The van der Waals surface area contributed by atoms with Crippen LogP contribution in [0.15, 0.2) is 24.3 Å². The second-order valence-corrected chi connectivity index (χ2v) is 8.83. The van der Waals surface area contributed by atoms with Crippen LogP contribution in [0.2, 0.25) is 0 Å². The number of nitriles is 1. The number of likely N-dealkylation sites (tertiary alicyclic amines) is 1. The Morgan fingerprint density at radius 2 is 2.10 bits per heavy atom. The summed E-state index contributed by atoms with van der Waals surface area (Å²) in [7, 11) is 0. The van der Waals surface area contributed by atoms with Crippen LogP contribution < -0.4 is 0 Å². The highest BCUT2D eigenvalue weighted by Crippen LogP contribution is 2.55. The van der Waals surface area contributed by atoms with Crippen molar-refractivity contribution < 1.29 is 23.0 Å². The minimum Gasteiger partial charge on any atom is -0.443 e. The molecule has 2 aliphatic rings. The van der Waals surface area contributed by atoms with Gasteiger partial charge in [-0.2, -0.15) is 5.26 Å². The zero-order chi connectivity index (χ0) is 21.6. The molecule has 156 valence electrons. The number of carbonyl (C=O) groups is 1. The van der Waals surface area contributed by atoms with E-state index < -0.39 is 47.2 Å². The molecule has 0 saturated carbocycles. The van der Waals surface area contributed by atoms with Gasteiger partial charge in [-0.3, -0.25) is 10.3 Å². The van der Waals surface area contributed by atoms with Crippen LogP contribution in [0, 0.1) is 33.9 Å². The second-order valence-electron chi connectivity index (χ2n) is 8.83. The summed E-state index contributed by atoms with van der Waals surface area (Å²) in [5.74, 6) is -1.63. The lowest BCUT2D eigenvalue weighted by Crippen LogP contribution is -2.65. The number of hydrogen-bond acceptors (Lipinski definition) is 5. The number of nitrogens with one attached hydrogen (secondary N) is 1. The number of fused-ring (bicyclic) bond motifs is 1. The number of ether oxygens (including phenoxy) is 2. The standard InChI is InChI=1S/C21H25F2N3O3/c1-19(2,3)29-18(27)26-17(25)20(4,11-24)9-14-16(10-22)28-12-21(14,26)13-7-5-6-8-15(13)23/h5-8,14,16,25H,9-10,12H2,1-4H3/t14-,16-,20-,21-/m1/s1. The van der Waals surface area contributed by atoms with Crippen molar-refractivity contribution in [1.29, 1.82) is 10.7 Å². The van der Waals surface area contributed by atoms with Crippen molar-refractivity contribution in [2.45, 2.75) is 51.4 Å². The Balaban J connectivity index is 2.26. The third kappa shape index (κ3) is 3.27. The van der Waals surface area contributed by atoms with Gasteiger partial charge in [0.2, 0.25) is 0 Å². The first-order valence-corrected chi connectivity index (χ1v) is 9.46. The second kappa shape index (κ2) is 7.06. The monoisotopic (exact) mass is 405 g/mol. The van der Waals surface area contributed by atoms with Gasteiger partial charge < -0.3 is 9.47 Å². The third-order valence-electron chi connectivity index (χ3n) is 5.67. The molecule has 0 unspecified atom stereocenters. The molecular formula is C21H25F2N3O3. The summed E-state index contributed by atoms with van der Waals surface area (Å²) >= 11 is 0. The van der Waals surface area contributed by atoms with Crippen molar-refractivity contribution >= 4 is 11.9 Å². The Morgan fingerprint density at radius 3 is 2.66 bits per heavy atom. The molecule has 29 heavy (non-hydrogen) atoms. The normalized spacial score (nSPS) is 31.9. The predicted octanol–water partition coefficient (Wildman–Crippen LogP) is 4.15. The van der Waals surface area contributed by atoms with E-state index in [-0.39, 0.29) is 24.4 Å². The first-order chi connectivity index (χ1) is 13.5. The summed E-state index contributed by atoms with van der Waals surface area (Å²) in [5.41, 5.74) is -3.62. The number of piperidine rings is 1. The Kier molecular flexibility index (Phi) is 5.16. The molecule has 0 spiro atoms. The molecule has 2 heterocycles. The first-order valence-electron chi connectivity index (χ1n) is 9.46. The number of amides is 1. The third-order valence-corrected chi connectivity index (χ3v) is 5.67. The van der Waals surface area contributed by atoms with Crippen LogP contribution in [0.25, 0.3) is 0 Å². The molecule has 0 radical (unpaired) electrons. The fraction of sp³-hybridized carbons (Fsp3) is 0.571. The summed E-state index contributed by atoms with van der Waals surface area (Å²) in [4.78, 5) is 14.3. The maximum Gasteiger partial charge on any atom is 0.416 e. The number of benzene rings is 1. The van der Waals surface area contributed by atoms with Crippen LogP contribution in [0.1, 0.15) is 39.7 Å². The number of rotatable bonds is 2. The number of amidine groups is 1. The maximum atomic E-state index is 15.0. The number of hydrogen-bond donors (Lipinski definition) is 1. The van der Waals surface area contributed by atoms with Crippen LogP contribution in [0.5, 0.6) is 0 Å². The average Bonchev–Trinajstić information content (AvgIpc) is 2.99. The minimum absolute atomic E-state index is 0.0601. The van der Waals surface area contributed by atoms with E-state index in [9.17, 15) is 18.8 Å². The Morgan fingerprint density at radius 1 is 1.45 bits per heavy atom. The predicted molar refractivity (Wildman–Crippen MR) is 101 cm³/mol. The lowest BCUT2D eigenvalue weighted by Gasteiger charge is -2.52. The van der Waals surface area contributed by atoms with Gasteiger partial charge in [0.15, 0.2) is 0 Å². The van der Waals surface area contributed by atoms with E-state index in [1.165, 1.54) is 25.1 Å². The highest BCUT2D eigenvalue weighted by atomic mass is 19.1. The van der Waals surface area contributed by atoms with Crippen molar-refractivity contribution in [3.8, 4) is 6.07 Å². The lowest BCUT2D eigenvalue weighted by molar-refractivity contribution is -0.00501. The number of alkyl halides is 1. The van der Waals surface area contributed by atoms with E-state index in [2.05, 4.69) is 6.07 Å². The fourth-order valence-electron chi connectivity index (χ4n) is 4.30. The van der Waals surface area contributed by atoms with Gasteiger partial charge in [-0.15, -0.1) is 0 Å². The van der Waals surface area contributed by atoms with Crippen molar-refractivity contribution in [2.24, 2.45) is 11.3 Å². The van der Waals surface area contributed by atoms with Gasteiger partial charge in [-0.1, -0.05) is 18.2 Å². The van der Waals surface area contributed by atoms with Gasteiger partial charge in [0.1, 0.15) is 34.9 Å². The van der Waals surface area contributed by atoms with E-state index in [1.54, 1.807) is 26.8 Å². The molecular weight excluding hydrogens is 380 g/mol. The van der Waals surface area contributed by atoms with Crippen LogP contribution >= 0.6 is 0 Å². The van der Waals surface area contributed by atoms with Crippen molar-refractivity contribution in [3.63, 3.8) is 0 Å². The van der Waals surface area contributed by atoms with Gasteiger partial charge >= 0.3 is 6.09 Å². The molecule has 0 aromatic heterocycles. The molecule has 2 fully saturated rings. The van der Waals surface area contributed by atoms with E-state index in [4.69, 9.17) is 14.9 Å². The molecule has 0 bridgehead atoms. The van der Waals surface area contributed by atoms with Gasteiger partial charge in [-0.25, -0.2) is 13.6 Å². The van der Waals surface area contributed by atoms with Gasteiger partial charge in [0.05, 0.1) is 18.8 Å². The molecule has 1 aromatic rings. The average molecular weight is 405 g/mol. The minimum atomic E-state index is -1.47. The molecule has 1 amide bonds. The Hall–Kier alpha value is -2.53. The van der Waals surface area contributed by atoms with Crippen LogP contribution in [-0.2, 0) is 15.0 Å². The zero-order valence-electron chi connectivity index (χ0n) is 17.0. The SMILES string of the molecule is CC(C)(C)OC(=O)N1C(=N)[C@@](C)(C#N)C[C@@H]2[C@@H](CF)OC[C@@]21c1ccccc1F. The molecule has 8 heteroatoms. The number of nitrogens with zero attached hydrogens (tertiary/aromatic N) is 2. The molecule has 1 aromatic carbocycles. The van der Waals surface area contributed by atoms with Crippen LogP contribution in [0.3, 0.4) is 0 Å². The molecule has 2 saturated heterocycles. The Bertz CT molecular complexity index is 879. The van der Waals surface area contributed by atoms with Crippen molar-refractivity contribution in [2.75, 3.05) is 13.3 Å². The summed E-state index contributed by atoms with van der Waals surface area (Å²) in [6, 6.07) is 7.95. The van der Waals surface area contributed by atoms with Gasteiger partial charge in [0, 0.05) is 11.5 Å². The summed E-state index contributed by atoms with van der Waals surface area (Å²) in [6.07, 6.45) is -1.76. The van der Waals surface area contributed by atoms with E-state index >= 15 is 0 Å². The van der Waals surface area contributed by atoms with E-state index in [0.29, 0.717) is 0 Å².